The number of hydrogen-bond acceptors (Lipinski definition) is 3. The molecule has 0 heterocycles. The Morgan fingerprint density at radius 3 is 2.48 bits per heavy atom. The molecule has 0 aromatic heterocycles. The first-order chi connectivity index (χ1) is 10.2. The summed E-state index contributed by atoms with van der Waals surface area (Å²) >= 11 is 0. The van der Waals surface area contributed by atoms with Gasteiger partial charge in [0, 0.05) is 6.61 Å². The van der Waals surface area contributed by atoms with Crippen LogP contribution in [0.25, 0.3) is 5.57 Å². The Labute approximate surface area is 124 Å². The molecule has 1 atom stereocenters. The number of halogens is 1. The van der Waals surface area contributed by atoms with Crippen LogP contribution in [0.2, 0.25) is 0 Å². The predicted molar refractivity (Wildman–Crippen MR) is 80.0 cm³/mol. The normalized spacial score (nSPS) is 16.3. The molecule has 0 aliphatic heterocycles. The van der Waals surface area contributed by atoms with Crippen molar-refractivity contribution in [1.82, 2.24) is 0 Å². The van der Waals surface area contributed by atoms with Crippen molar-refractivity contribution >= 4 is 5.57 Å². The fourth-order valence-corrected chi connectivity index (χ4v) is 2.28. The minimum atomic E-state index is -0.880. The third kappa shape index (κ3) is 4.77. The van der Waals surface area contributed by atoms with E-state index in [1.807, 2.05) is 12.2 Å². The van der Waals surface area contributed by atoms with Crippen molar-refractivity contribution in [2.45, 2.75) is 32.0 Å². The fourth-order valence-electron chi connectivity index (χ4n) is 2.28. The Balaban J connectivity index is 1.91. The van der Waals surface area contributed by atoms with E-state index < -0.39 is 6.29 Å². The van der Waals surface area contributed by atoms with Crippen molar-refractivity contribution < 1.29 is 19.3 Å². The summed E-state index contributed by atoms with van der Waals surface area (Å²) in [5, 5.41) is 18.6. The number of allylic oxidation sites excluding steroid dienone is 3. The zero-order chi connectivity index (χ0) is 15.1. The lowest BCUT2D eigenvalue weighted by atomic mass is 9.93. The van der Waals surface area contributed by atoms with Gasteiger partial charge in [-0.15, -0.1) is 0 Å². The van der Waals surface area contributed by atoms with Gasteiger partial charge in [-0.2, -0.15) is 0 Å². The third-order valence-electron chi connectivity index (χ3n) is 3.54. The first kappa shape index (κ1) is 15.9. The predicted octanol–water partition coefficient (Wildman–Crippen LogP) is 3.04. The molecule has 4 heteroatoms. The van der Waals surface area contributed by atoms with Crippen LogP contribution in [0.5, 0.6) is 0 Å². The monoisotopic (exact) mass is 292 g/mol. The summed E-state index contributed by atoms with van der Waals surface area (Å²) in [6.45, 7) is 0.583. The summed E-state index contributed by atoms with van der Waals surface area (Å²) in [5.74, 6) is -0.238. The molecule has 114 valence electrons. The van der Waals surface area contributed by atoms with Gasteiger partial charge in [-0.05, 0) is 54.5 Å². The van der Waals surface area contributed by atoms with Crippen LogP contribution in [-0.2, 0) is 4.74 Å². The van der Waals surface area contributed by atoms with E-state index in [0.29, 0.717) is 13.0 Å². The van der Waals surface area contributed by atoms with E-state index in [9.17, 15) is 9.50 Å². The maximum absolute atomic E-state index is 12.9. The van der Waals surface area contributed by atoms with Gasteiger partial charge in [-0.3, -0.25) is 0 Å². The van der Waals surface area contributed by atoms with Crippen LogP contribution in [0.4, 0.5) is 4.39 Å². The van der Waals surface area contributed by atoms with Gasteiger partial charge < -0.3 is 14.9 Å². The number of ether oxygens (including phenoxy) is 1. The second-order valence-corrected chi connectivity index (χ2v) is 5.09. The SMILES string of the molecule is OCCCCOC(O)C1=CC=C(c2ccc(F)cc2)CC1. The highest BCUT2D eigenvalue weighted by Crippen LogP contribution is 2.28. The standard InChI is InChI=1S/C17H21FO3/c18-16-9-7-14(8-10-16)13-3-5-15(6-4-13)17(20)21-12-2-1-11-19/h3,5,7-10,17,19-20H,1-2,4,6,11-12H2. The van der Waals surface area contributed by atoms with Gasteiger partial charge in [0.15, 0.2) is 6.29 Å². The Morgan fingerprint density at radius 2 is 1.86 bits per heavy atom. The van der Waals surface area contributed by atoms with Crippen molar-refractivity contribution in [2.75, 3.05) is 13.2 Å². The maximum atomic E-state index is 12.9. The summed E-state index contributed by atoms with van der Waals surface area (Å²) in [6, 6.07) is 6.44. The third-order valence-corrected chi connectivity index (χ3v) is 3.54. The quantitative estimate of drug-likeness (QED) is 0.600. The van der Waals surface area contributed by atoms with Gasteiger partial charge >= 0.3 is 0 Å². The summed E-state index contributed by atoms with van der Waals surface area (Å²) < 4.78 is 18.2. The largest absolute Gasteiger partial charge is 0.396 e. The van der Waals surface area contributed by atoms with E-state index in [-0.39, 0.29) is 12.4 Å². The molecule has 0 radical (unpaired) electrons. The van der Waals surface area contributed by atoms with Gasteiger partial charge in [0.1, 0.15) is 5.82 Å². The average molecular weight is 292 g/mol. The van der Waals surface area contributed by atoms with Gasteiger partial charge in [-0.25, -0.2) is 4.39 Å². The van der Waals surface area contributed by atoms with Crippen LogP contribution in [0.1, 0.15) is 31.2 Å². The first-order valence-corrected chi connectivity index (χ1v) is 7.27. The topological polar surface area (TPSA) is 49.7 Å². The molecule has 0 bridgehead atoms. The smallest absolute Gasteiger partial charge is 0.177 e. The summed E-state index contributed by atoms with van der Waals surface area (Å²) in [7, 11) is 0. The maximum Gasteiger partial charge on any atom is 0.177 e. The summed E-state index contributed by atoms with van der Waals surface area (Å²) in [6.07, 6.45) is 5.89. The van der Waals surface area contributed by atoms with Crippen LogP contribution in [0, 0.1) is 5.82 Å². The first-order valence-electron chi connectivity index (χ1n) is 7.27. The molecule has 0 fully saturated rings. The lowest BCUT2D eigenvalue weighted by Crippen LogP contribution is -2.17. The van der Waals surface area contributed by atoms with Gasteiger partial charge in [0.05, 0.1) is 6.61 Å². The molecule has 21 heavy (non-hydrogen) atoms. The minimum Gasteiger partial charge on any atom is -0.396 e. The lowest BCUT2D eigenvalue weighted by molar-refractivity contribution is -0.0754. The molecule has 1 unspecified atom stereocenters. The highest BCUT2D eigenvalue weighted by Gasteiger charge is 2.15. The van der Waals surface area contributed by atoms with Crippen LogP contribution in [0.3, 0.4) is 0 Å². The number of unbranched alkanes of at least 4 members (excludes halogenated alkanes) is 1. The Hall–Kier alpha value is -1.49. The number of hydrogen-bond donors (Lipinski definition) is 2. The van der Waals surface area contributed by atoms with Crippen molar-refractivity contribution in [3.05, 3.63) is 53.4 Å². The molecule has 2 rings (SSSR count). The average Bonchev–Trinajstić information content (AvgIpc) is 2.52. The molecule has 0 saturated heterocycles. The molecule has 1 aromatic rings. The van der Waals surface area contributed by atoms with E-state index in [0.717, 1.165) is 36.0 Å². The van der Waals surface area contributed by atoms with Crippen LogP contribution >= 0.6 is 0 Å². The second-order valence-electron chi connectivity index (χ2n) is 5.09. The van der Waals surface area contributed by atoms with Crippen molar-refractivity contribution in [3.63, 3.8) is 0 Å². The van der Waals surface area contributed by atoms with Gasteiger partial charge in [0.2, 0.25) is 0 Å². The van der Waals surface area contributed by atoms with Crippen LogP contribution in [-0.4, -0.2) is 29.7 Å². The lowest BCUT2D eigenvalue weighted by Gasteiger charge is -2.19. The number of benzene rings is 1. The van der Waals surface area contributed by atoms with Gasteiger partial charge in [0.25, 0.3) is 0 Å². The minimum absolute atomic E-state index is 0.145. The van der Waals surface area contributed by atoms with E-state index in [4.69, 9.17) is 9.84 Å². The fraction of sp³-hybridized carbons (Fsp3) is 0.412. The molecule has 1 aliphatic rings. The number of rotatable bonds is 7. The zero-order valence-electron chi connectivity index (χ0n) is 12.0. The number of aliphatic hydroxyl groups excluding tert-OH is 2. The Morgan fingerprint density at radius 1 is 1.10 bits per heavy atom. The van der Waals surface area contributed by atoms with Crippen molar-refractivity contribution in [2.24, 2.45) is 0 Å². The Bertz CT molecular complexity index is 505. The Kier molecular flexibility index (Phi) is 6.11. The molecular weight excluding hydrogens is 271 g/mol. The molecule has 3 nitrogen and oxygen atoms in total. The van der Waals surface area contributed by atoms with Crippen molar-refractivity contribution in [3.8, 4) is 0 Å². The van der Waals surface area contributed by atoms with E-state index in [1.165, 1.54) is 12.1 Å². The highest BCUT2D eigenvalue weighted by atomic mass is 19.1. The molecular formula is C17H21FO3. The molecule has 1 aliphatic carbocycles. The highest BCUT2D eigenvalue weighted by molar-refractivity contribution is 5.68. The number of aliphatic hydroxyl groups is 2. The van der Waals surface area contributed by atoms with Crippen molar-refractivity contribution in [1.29, 1.82) is 0 Å². The molecule has 0 amide bonds. The second kappa shape index (κ2) is 8.08. The molecule has 0 saturated carbocycles. The van der Waals surface area contributed by atoms with Crippen LogP contribution < -0.4 is 0 Å². The summed E-state index contributed by atoms with van der Waals surface area (Å²) in [5.41, 5.74) is 2.99. The van der Waals surface area contributed by atoms with E-state index in [2.05, 4.69) is 0 Å². The van der Waals surface area contributed by atoms with Crippen LogP contribution in [0.15, 0.2) is 42.0 Å². The zero-order valence-corrected chi connectivity index (χ0v) is 12.0. The van der Waals surface area contributed by atoms with Gasteiger partial charge in [-0.1, -0.05) is 24.3 Å². The molecule has 2 N–H and O–H groups in total. The molecule has 1 aromatic carbocycles. The summed E-state index contributed by atoms with van der Waals surface area (Å²) in [4.78, 5) is 0. The van der Waals surface area contributed by atoms with E-state index >= 15 is 0 Å². The molecule has 0 spiro atoms. The van der Waals surface area contributed by atoms with E-state index in [1.54, 1.807) is 12.1 Å².